The van der Waals surface area contributed by atoms with Crippen molar-refractivity contribution in [1.82, 2.24) is 20.2 Å². The lowest BCUT2D eigenvalue weighted by Crippen LogP contribution is -2.10. The van der Waals surface area contributed by atoms with Gasteiger partial charge in [-0.3, -0.25) is 4.90 Å². The summed E-state index contributed by atoms with van der Waals surface area (Å²) in [7, 11) is -1.58. The molecule has 0 aliphatic carbocycles. The molecule has 0 aliphatic heterocycles. The van der Waals surface area contributed by atoms with Gasteiger partial charge < -0.3 is 4.98 Å². The molecule has 0 amide bonds. The van der Waals surface area contributed by atoms with Crippen LogP contribution in [0.5, 0.6) is 0 Å². The SMILES string of the molecule is CCCCS(=O)(=O)c1nnc(N(C)c2nc3ccccc3[nH]2)s1. The Balaban J connectivity index is 1.87. The van der Waals surface area contributed by atoms with E-state index in [9.17, 15) is 8.42 Å². The van der Waals surface area contributed by atoms with Crippen molar-refractivity contribution in [3.63, 3.8) is 0 Å². The van der Waals surface area contributed by atoms with E-state index in [1.165, 1.54) is 0 Å². The summed E-state index contributed by atoms with van der Waals surface area (Å²) in [6.07, 6.45) is 1.44. The van der Waals surface area contributed by atoms with E-state index < -0.39 is 9.84 Å². The highest BCUT2D eigenvalue weighted by atomic mass is 32.2. The number of sulfone groups is 1. The molecule has 0 bridgehead atoms. The van der Waals surface area contributed by atoms with Crippen LogP contribution in [-0.4, -0.2) is 41.4 Å². The van der Waals surface area contributed by atoms with Crippen molar-refractivity contribution in [3.8, 4) is 0 Å². The zero-order valence-electron chi connectivity index (χ0n) is 12.9. The summed E-state index contributed by atoms with van der Waals surface area (Å²) >= 11 is 1.06. The van der Waals surface area contributed by atoms with Crippen LogP contribution in [-0.2, 0) is 9.84 Å². The average molecular weight is 351 g/mol. The number of nitrogens with zero attached hydrogens (tertiary/aromatic N) is 4. The Morgan fingerprint density at radius 2 is 2.04 bits per heavy atom. The van der Waals surface area contributed by atoms with Crippen molar-refractivity contribution in [1.29, 1.82) is 0 Å². The molecule has 0 saturated carbocycles. The van der Waals surface area contributed by atoms with Crippen molar-refractivity contribution in [2.45, 2.75) is 24.1 Å². The van der Waals surface area contributed by atoms with Crippen molar-refractivity contribution in [3.05, 3.63) is 24.3 Å². The summed E-state index contributed by atoms with van der Waals surface area (Å²) in [6.45, 7) is 1.95. The Morgan fingerprint density at radius 1 is 1.26 bits per heavy atom. The Morgan fingerprint density at radius 3 is 2.78 bits per heavy atom. The average Bonchev–Trinajstić information content (AvgIpc) is 3.19. The molecule has 3 rings (SSSR count). The first-order chi connectivity index (χ1) is 11.0. The largest absolute Gasteiger partial charge is 0.324 e. The maximum absolute atomic E-state index is 12.2. The highest BCUT2D eigenvalue weighted by Gasteiger charge is 2.22. The maximum atomic E-state index is 12.2. The molecule has 23 heavy (non-hydrogen) atoms. The molecule has 0 spiro atoms. The summed E-state index contributed by atoms with van der Waals surface area (Å²) in [5.74, 6) is 0.701. The summed E-state index contributed by atoms with van der Waals surface area (Å²) in [4.78, 5) is 9.36. The fraction of sp³-hybridized carbons (Fsp3) is 0.357. The smallest absolute Gasteiger partial charge is 0.234 e. The van der Waals surface area contributed by atoms with E-state index in [0.29, 0.717) is 17.5 Å². The Labute approximate surface area is 138 Å². The Hall–Kier alpha value is -2.00. The van der Waals surface area contributed by atoms with Gasteiger partial charge in [-0.05, 0) is 18.6 Å². The molecular formula is C14H17N5O2S2. The highest BCUT2D eigenvalue weighted by Crippen LogP contribution is 2.29. The van der Waals surface area contributed by atoms with Crippen molar-refractivity contribution in [2.24, 2.45) is 0 Å². The molecule has 2 heterocycles. The zero-order valence-corrected chi connectivity index (χ0v) is 14.5. The van der Waals surface area contributed by atoms with Gasteiger partial charge in [0, 0.05) is 7.05 Å². The fourth-order valence-corrected chi connectivity index (χ4v) is 4.61. The normalized spacial score (nSPS) is 11.9. The lowest BCUT2D eigenvalue weighted by molar-refractivity contribution is 0.590. The van der Waals surface area contributed by atoms with Crippen LogP contribution in [0, 0.1) is 0 Å². The third-order valence-corrected chi connectivity index (χ3v) is 6.66. The lowest BCUT2D eigenvalue weighted by atomic mass is 10.3. The molecule has 1 N–H and O–H groups in total. The van der Waals surface area contributed by atoms with Gasteiger partial charge in [-0.2, -0.15) is 0 Å². The van der Waals surface area contributed by atoms with E-state index in [0.717, 1.165) is 28.8 Å². The number of anilines is 2. The first kappa shape index (κ1) is 15.9. The van der Waals surface area contributed by atoms with Gasteiger partial charge in [-0.25, -0.2) is 13.4 Å². The first-order valence-electron chi connectivity index (χ1n) is 7.26. The maximum Gasteiger partial charge on any atom is 0.234 e. The van der Waals surface area contributed by atoms with Crippen molar-refractivity contribution >= 4 is 43.3 Å². The highest BCUT2D eigenvalue weighted by molar-refractivity contribution is 7.93. The molecular weight excluding hydrogens is 334 g/mol. The van der Waals surface area contributed by atoms with Crippen LogP contribution >= 0.6 is 11.3 Å². The second kappa shape index (κ2) is 6.25. The Kier molecular flexibility index (Phi) is 4.31. The monoisotopic (exact) mass is 351 g/mol. The molecule has 9 heteroatoms. The van der Waals surface area contributed by atoms with Gasteiger partial charge in [0.25, 0.3) is 0 Å². The number of imidazole rings is 1. The van der Waals surface area contributed by atoms with E-state index in [-0.39, 0.29) is 10.1 Å². The lowest BCUT2D eigenvalue weighted by Gasteiger charge is -2.10. The van der Waals surface area contributed by atoms with Crippen molar-refractivity contribution in [2.75, 3.05) is 17.7 Å². The number of nitrogens with one attached hydrogen (secondary N) is 1. The van der Waals surface area contributed by atoms with Crippen LogP contribution in [0.1, 0.15) is 19.8 Å². The minimum Gasteiger partial charge on any atom is -0.324 e. The van der Waals surface area contributed by atoms with E-state index in [4.69, 9.17) is 0 Å². The third kappa shape index (κ3) is 3.20. The summed E-state index contributed by atoms with van der Waals surface area (Å²) in [5, 5.41) is 8.32. The molecule has 0 fully saturated rings. The van der Waals surface area contributed by atoms with E-state index >= 15 is 0 Å². The van der Waals surface area contributed by atoms with Crippen LogP contribution in [0.4, 0.5) is 11.1 Å². The predicted molar refractivity (Wildman–Crippen MR) is 91.0 cm³/mol. The number of benzene rings is 1. The van der Waals surface area contributed by atoms with Gasteiger partial charge in [0.1, 0.15) is 0 Å². The molecule has 0 unspecified atom stereocenters. The number of rotatable bonds is 6. The molecule has 0 atom stereocenters. The number of hydrogen-bond acceptors (Lipinski definition) is 7. The molecule has 2 aromatic heterocycles. The molecule has 7 nitrogen and oxygen atoms in total. The molecule has 3 aromatic rings. The Bertz CT molecular complexity index is 883. The van der Waals surface area contributed by atoms with Crippen LogP contribution in [0.25, 0.3) is 11.0 Å². The number of H-pyrrole nitrogens is 1. The quantitative estimate of drug-likeness (QED) is 0.734. The van der Waals surface area contributed by atoms with Gasteiger partial charge in [-0.15, -0.1) is 10.2 Å². The van der Waals surface area contributed by atoms with Crippen LogP contribution in [0.2, 0.25) is 0 Å². The topological polar surface area (TPSA) is 91.8 Å². The number of hydrogen-bond donors (Lipinski definition) is 1. The van der Waals surface area contributed by atoms with Crippen LogP contribution < -0.4 is 4.90 Å². The summed E-state index contributed by atoms with van der Waals surface area (Å²) in [5.41, 5.74) is 1.75. The number of unbranched alkanes of at least 4 members (excludes halogenated alkanes) is 1. The van der Waals surface area contributed by atoms with Gasteiger partial charge in [0.15, 0.2) is 0 Å². The molecule has 122 valence electrons. The predicted octanol–water partition coefficient (Wildman–Crippen LogP) is 2.76. The second-order valence-corrected chi connectivity index (χ2v) is 8.40. The molecule has 1 aromatic carbocycles. The molecule has 0 radical (unpaired) electrons. The molecule has 0 saturated heterocycles. The minimum absolute atomic E-state index is 0.0592. The van der Waals surface area contributed by atoms with Crippen molar-refractivity contribution < 1.29 is 8.42 Å². The molecule has 0 aliphatic rings. The fourth-order valence-electron chi connectivity index (χ4n) is 2.07. The number of para-hydroxylation sites is 2. The summed E-state index contributed by atoms with van der Waals surface area (Å²) < 4.78 is 24.4. The van der Waals surface area contributed by atoms with E-state index in [2.05, 4.69) is 20.2 Å². The summed E-state index contributed by atoms with van der Waals surface area (Å²) in [6, 6.07) is 7.67. The first-order valence-corrected chi connectivity index (χ1v) is 9.73. The van der Waals surface area contributed by atoms with E-state index in [1.807, 2.05) is 31.2 Å². The zero-order chi connectivity index (χ0) is 16.4. The van der Waals surface area contributed by atoms with Gasteiger partial charge >= 0.3 is 0 Å². The minimum atomic E-state index is -3.35. The number of fused-ring (bicyclic) bond motifs is 1. The van der Waals surface area contributed by atoms with Crippen LogP contribution in [0.3, 0.4) is 0 Å². The number of aromatic nitrogens is 4. The van der Waals surface area contributed by atoms with Gasteiger partial charge in [0.05, 0.1) is 16.8 Å². The van der Waals surface area contributed by atoms with Crippen LogP contribution in [0.15, 0.2) is 28.6 Å². The number of aromatic amines is 1. The standard InChI is InChI=1S/C14H17N5O2S2/c1-3-4-9-23(20,21)14-18-17-13(22-14)19(2)12-15-10-7-5-6-8-11(10)16-12/h5-8H,3-4,9H2,1-2H3,(H,15,16). The van der Waals surface area contributed by atoms with Gasteiger partial charge in [0.2, 0.25) is 25.3 Å². The van der Waals surface area contributed by atoms with Gasteiger partial charge in [-0.1, -0.05) is 36.8 Å². The second-order valence-electron chi connectivity index (χ2n) is 5.16. The third-order valence-electron chi connectivity index (χ3n) is 3.41. The van der Waals surface area contributed by atoms with E-state index in [1.54, 1.807) is 11.9 Å².